The summed E-state index contributed by atoms with van der Waals surface area (Å²) in [6.45, 7) is 1.32. The van der Waals surface area contributed by atoms with E-state index < -0.39 is 10.0 Å². The maximum atomic E-state index is 12.9. The number of carbonyl (C=O) groups excluding carboxylic acids is 1. The number of methoxy groups -OCH3 is 3. The molecule has 0 aliphatic heterocycles. The minimum Gasteiger partial charge on any atom is -0.495 e. The van der Waals surface area contributed by atoms with Crippen LogP contribution in [0.3, 0.4) is 0 Å². The third-order valence-electron chi connectivity index (χ3n) is 3.49. The smallest absolute Gasteiger partial charge is 0.265 e. The lowest BCUT2D eigenvalue weighted by atomic mass is 10.3. The van der Waals surface area contributed by atoms with Gasteiger partial charge in [0.15, 0.2) is 0 Å². The summed E-state index contributed by atoms with van der Waals surface area (Å²) < 4.78 is 43.7. The summed E-state index contributed by atoms with van der Waals surface area (Å²) in [4.78, 5) is 11.1. The first-order valence-electron chi connectivity index (χ1n) is 7.61. The van der Waals surface area contributed by atoms with Gasteiger partial charge in [0.2, 0.25) is 5.91 Å². The molecule has 2 rings (SSSR count). The van der Waals surface area contributed by atoms with Crippen LogP contribution in [0.4, 0.5) is 11.4 Å². The second-order valence-electron chi connectivity index (χ2n) is 5.34. The summed E-state index contributed by atoms with van der Waals surface area (Å²) in [6, 6.07) is 7.11. The van der Waals surface area contributed by atoms with Crippen LogP contribution in [0.2, 0.25) is 5.02 Å². The molecule has 8 nitrogen and oxygen atoms in total. The normalized spacial score (nSPS) is 10.9. The Bertz CT molecular complexity index is 962. The largest absolute Gasteiger partial charge is 0.495 e. The van der Waals surface area contributed by atoms with Gasteiger partial charge in [-0.05, 0) is 18.2 Å². The summed E-state index contributed by atoms with van der Waals surface area (Å²) >= 11 is 6.04. The molecule has 0 fully saturated rings. The van der Waals surface area contributed by atoms with Crippen molar-refractivity contribution in [2.45, 2.75) is 11.8 Å². The highest BCUT2D eigenvalue weighted by atomic mass is 35.5. The van der Waals surface area contributed by atoms with E-state index >= 15 is 0 Å². The van der Waals surface area contributed by atoms with E-state index in [0.717, 1.165) is 0 Å². The number of nitrogens with one attached hydrogen (secondary N) is 2. The highest BCUT2D eigenvalue weighted by Crippen LogP contribution is 2.38. The maximum Gasteiger partial charge on any atom is 0.265 e. The summed E-state index contributed by atoms with van der Waals surface area (Å²) in [7, 11) is 0.0473. The Balaban J connectivity index is 2.52. The summed E-state index contributed by atoms with van der Waals surface area (Å²) in [5.74, 6) is 0.257. The van der Waals surface area contributed by atoms with Gasteiger partial charge in [-0.25, -0.2) is 8.42 Å². The van der Waals surface area contributed by atoms with Gasteiger partial charge in [0.05, 0.1) is 32.0 Å². The first-order valence-corrected chi connectivity index (χ1v) is 9.48. The lowest BCUT2D eigenvalue weighted by Gasteiger charge is -2.16. The summed E-state index contributed by atoms with van der Waals surface area (Å²) in [5.41, 5.74) is 0.440. The molecule has 0 aliphatic carbocycles. The average molecular weight is 415 g/mol. The van der Waals surface area contributed by atoms with E-state index in [2.05, 4.69) is 10.0 Å². The van der Waals surface area contributed by atoms with Crippen molar-refractivity contribution in [3.05, 3.63) is 35.4 Å². The molecule has 0 spiro atoms. The fraction of sp³-hybridized carbons (Fsp3) is 0.235. The predicted molar refractivity (Wildman–Crippen MR) is 103 cm³/mol. The molecule has 2 aromatic rings. The number of hydrogen-bond donors (Lipinski definition) is 2. The van der Waals surface area contributed by atoms with Crippen LogP contribution in [0.15, 0.2) is 35.2 Å². The minimum absolute atomic E-state index is 0.108. The lowest BCUT2D eigenvalue weighted by molar-refractivity contribution is -0.114. The Kier molecular flexibility index (Phi) is 6.40. The molecule has 0 aromatic heterocycles. The zero-order valence-electron chi connectivity index (χ0n) is 15.1. The fourth-order valence-electron chi connectivity index (χ4n) is 2.31. The number of carbonyl (C=O) groups is 1. The molecule has 2 N–H and O–H groups in total. The molecule has 1 amide bonds. The molecule has 0 aliphatic rings. The second-order valence-corrected chi connectivity index (χ2v) is 7.40. The standard InChI is InChI=1S/C17H19ClN2O6S/c1-10(21)19-11-5-6-14(24-2)17(7-11)27(22,23)20-13-9-15(25-3)12(18)8-16(13)26-4/h5-9,20H,1-4H3,(H,19,21). The Morgan fingerprint density at radius 3 is 2.15 bits per heavy atom. The number of hydrogen-bond acceptors (Lipinski definition) is 6. The third kappa shape index (κ3) is 4.75. The van der Waals surface area contributed by atoms with Crippen molar-refractivity contribution >= 4 is 38.9 Å². The van der Waals surface area contributed by atoms with Crippen LogP contribution < -0.4 is 24.2 Å². The predicted octanol–water partition coefficient (Wildman–Crippen LogP) is 3.13. The first kappa shape index (κ1) is 20.7. The minimum atomic E-state index is -4.09. The quantitative estimate of drug-likeness (QED) is 0.721. The Morgan fingerprint density at radius 2 is 1.59 bits per heavy atom. The molecule has 0 heterocycles. The van der Waals surface area contributed by atoms with Gasteiger partial charge in [0.1, 0.15) is 22.1 Å². The monoisotopic (exact) mass is 414 g/mol. The van der Waals surface area contributed by atoms with Crippen molar-refractivity contribution in [3.63, 3.8) is 0 Å². The van der Waals surface area contributed by atoms with E-state index in [0.29, 0.717) is 5.69 Å². The van der Waals surface area contributed by atoms with Gasteiger partial charge in [-0.3, -0.25) is 9.52 Å². The molecule has 0 saturated carbocycles. The van der Waals surface area contributed by atoms with Crippen LogP contribution in [0, 0.1) is 0 Å². The van der Waals surface area contributed by atoms with E-state index in [-0.39, 0.29) is 38.8 Å². The van der Waals surface area contributed by atoms with Crippen LogP contribution in [-0.2, 0) is 14.8 Å². The number of anilines is 2. The molecule has 10 heteroatoms. The van der Waals surface area contributed by atoms with Gasteiger partial charge in [-0.1, -0.05) is 11.6 Å². The first-order chi connectivity index (χ1) is 12.7. The summed E-state index contributed by atoms with van der Waals surface area (Å²) in [5, 5.41) is 2.80. The van der Waals surface area contributed by atoms with Crippen LogP contribution in [0.1, 0.15) is 6.92 Å². The Morgan fingerprint density at radius 1 is 0.963 bits per heavy atom. The molecular weight excluding hydrogens is 396 g/mol. The van der Waals surface area contributed by atoms with Gasteiger partial charge in [0.25, 0.3) is 10.0 Å². The molecule has 146 valence electrons. The van der Waals surface area contributed by atoms with E-state index in [1.165, 1.54) is 58.6 Å². The van der Waals surface area contributed by atoms with Crippen LogP contribution in [0.5, 0.6) is 17.2 Å². The summed E-state index contributed by atoms with van der Waals surface area (Å²) in [6.07, 6.45) is 0. The number of ether oxygens (including phenoxy) is 3. The van der Waals surface area contributed by atoms with E-state index in [4.69, 9.17) is 25.8 Å². The van der Waals surface area contributed by atoms with Gasteiger partial charge < -0.3 is 19.5 Å². The maximum absolute atomic E-state index is 12.9. The molecule has 0 unspecified atom stereocenters. The molecule has 0 radical (unpaired) electrons. The van der Waals surface area contributed by atoms with Gasteiger partial charge >= 0.3 is 0 Å². The topological polar surface area (TPSA) is 103 Å². The van der Waals surface area contributed by atoms with Crippen LogP contribution in [0.25, 0.3) is 0 Å². The zero-order chi connectivity index (χ0) is 20.2. The molecule has 0 bridgehead atoms. The van der Waals surface area contributed by atoms with E-state index in [9.17, 15) is 13.2 Å². The van der Waals surface area contributed by atoms with Gasteiger partial charge in [-0.2, -0.15) is 0 Å². The number of halogens is 1. The molecule has 0 saturated heterocycles. The van der Waals surface area contributed by atoms with E-state index in [1.807, 2.05) is 0 Å². The Hall–Kier alpha value is -2.65. The van der Waals surface area contributed by atoms with Crippen molar-refractivity contribution in [1.29, 1.82) is 0 Å². The molecular formula is C17H19ClN2O6S. The third-order valence-corrected chi connectivity index (χ3v) is 5.17. The average Bonchev–Trinajstić information content (AvgIpc) is 2.62. The van der Waals surface area contributed by atoms with Crippen molar-refractivity contribution in [3.8, 4) is 17.2 Å². The zero-order valence-corrected chi connectivity index (χ0v) is 16.7. The van der Waals surface area contributed by atoms with Crippen LogP contribution in [-0.4, -0.2) is 35.7 Å². The Labute approximate surface area is 162 Å². The number of benzene rings is 2. The van der Waals surface area contributed by atoms with Crippen LogP contribution >= 0.6 is 11.6 Å². The molecule has 0 atom stereocenters. The fourth-order valence-corrected chi connectivity index (χ4v) is 3.80. The highest BCUT2D eigenvalue weighted by molar-refractivity contribution is 7.92. The molecule has 27 heavy (non-hydrogen) atoms. The van der Waals surface area contributed by atoms with Gasteiger partial charge in [-0.15, -0.1) is 0 Å². The van der Waals surface area contributed by atoms with Crippen molar-refractivity contribution in [2.24, 2.45) is 0 Å². The highest BCUT2D eigenvalue weighted by Gasteiger charge is 2.23. The van der Waals surface area contributed by atoms with E-state index in [1.54, 1.807) is 0 Å². The SMILES string of the molecule is COc1cc(NS(=O)(=O)c2cc(NC(C)=O)ccc2OC)c(OC)cc1Cl. The number of sulfonamides is 1. The van der Waals surface area contributed by atoms with Crippen molar-refractivity contribution in [2.75, 3.05) is 31.4 Å². The molecule has 2 aromatic carbocycles. The van der Waals surface area contributed by atoms with Crippen molar-refractivity contribution < 1.29 is 27.4 Å². The van der Waals surface area contributed by atoms with Gasteiger partial charge in [0, 0.05) is 24.7 Å². The lowest BCUT2D eigenvalue weighted by Crippen LogP contribution is -2.16. The second kappa shape index (κ2) is 8.36. The van der Waals surface area contributed by atoms with Crippen molar-refractivity contribution in [1.82, 2.24) is 0 Å². The number of rotatable bonds is 7. The number of amides is 1.